The third-order valence-electron chi connectivity index (χ3n) is 5.01. The topological polar surface area (TPSA) is 53.6 Å². The Morgan fingerprint density at radius 2 is 1.93 bits per heavy atom. The van der Waals surface area contributed by atoms with Gasteiger partial charge in [-0.25, -0.2) is 0 Å². The van der Waals surface area contributed by atoms with Crippen molar-refractivity contribution >= 4 is 28.9 Å². The predicted octanol–water partition coefficient (Wildman–Crippen LogP) is 4.19. The molecule has 1 unspecified atom stereocenters. The maximum absolute atomic E-state index is 12.3. The molecule has 2 N–H and O–H groups in total. The number of ether oxygens (including phenoxy) is 1. The van der Waals surface area contributed by atoms with E-state index >= 15 is 0 Å². The summed E-state index contributed by atoms with van der Waals surface area (Å²) in [6.45, 7) is 4.94. The molecule has 0 radical (unpaired) electrons. The van der Waals surface area contributed by atoms with Crippen LogP contribution in [0.1, 0.15) is 30.1 Å². The number of anilines is 2. The summed E-state index contributed by atoms with van der Waals surface area (Å²) in [5.41, 5.74) is 2.51. The number of hydrogen-bond acceptors (Lipinski definition) is 4. The third kappa shape index (κ3) is 5.71. The molecule has 1 saturated heterocycles. The van der Waals surface area contributed by atoms with Crippen molar-refractivity contribution in [2.24, 2.45) is 0 Å². The molecule has 0 aromatic heterocycles. The molecule has 1 fully saturated rings. The van der Waals surface area contributed by atoms with Gasteiger partial charge in [-0.2, -0.15) is 0 Å². The summed E-state index contributed by atoms with van der Waals surface area (Å²) in [6, 6.07) is 15.9. The lowest BCUT2D eigenvalue weighted by molar-refractivity contribution is 0.102. The van der Waals surface area contributed by atoms with Gasteiger partial charge in [-0.15, -0.1) is 0 Å². The van der Waals surface area contributed by atoms with Gasteiger partial charge in [0.1, 0.15) is 0 Å². The summed E-state index contributed by atoms with van der Waals surface area (Å²) in [6.07, 6.45) is 2.22. The van der Waals surface area contributed by atoms with Gasteiger partial charge in [-0.1, -0.05) is 17.7 Å². The van der Waals surface area contributed by atoms with Crippen LogP contribution in [-0.4, -0.2) is 44.8 Å². The number of nitrogens with one attached hydrogen (secondary N) is 2. The van der Waals surface area contributed by atoms with Crippen LogP contribution in [0.5, 0.6) is 0 Å². The van der Waals surface area contributed by atoms with Crippen LogP contribution in [0.3, 0.4) is 0 Å². The summed E-state index contributed by atoms with van der Waals surface area (Å²) < 4.78 is 5.20. The molecule has 1 atom stereocenters. The van der Waals surface area contributed by atoms with Gasteiger partial charge >= 0.3 is 0 Å². The number of carbonyl (C=O) groups excluding carboxylic acids is 1. The van der Waals surface area contributed by atoms with Crippen LogP contribution in [0.2, 0.25) is 5.02 Å². The van der Waals surface area contributed by atoms with E-state index in [0.29, 0.717) is 22.7 Å². The molecule has 1 amide bonds. The second-order valence-corrected chi connectivity index (χ2v) is 7.73. The first-order chi connectivity index (χ1) is 13.5. The molecule has 28 heavy (non-hydrogen) atoms. The quantitative estimate of drug-likeness (QED) is 0.730. The van der Waals surface area contributed by atoms with Crippen molar-refractivity contribution in [3.8, 4) is 0 Å². The first-order valence-electron chi connectivity index (χ1n) is 9.72. The van der Waals surface area contributed by atoms with Gasteiger partial charge in [0.25, 0.3) is 5.91 Å². The van der Waals surface area contributed by atoms with Crippen molar-refractivity contribution < 1.29 is 9.53 Å². The maximum Gasteiger partial charge on any atom is 0.255 e. The van der Waals surface area contributed by atoms with E-state index in [2.05, 4.69) is 34.6 Å². The lowest BCUT2D eigenvalue weighted by Crippen LogP contribution is -2.46. The van der Waals surface area contributed by atoms with Crippen LogP contribution >= 0.6 is 11.6 Å². The van der Waals surface area contributed by atoms with Crippen molar-refractivity contribution in [3.05, 3.63) is 59.1 Å². The summed E-state index contributed by atoms with van der Waals surface area (Å²) in [4.78, 5) is 14.7. The van der Waals surface area contributed by atoms with Gasteiger partial charge in [0.15, 0.2) is 0 Å². The number of rotatable bonds is 7. The molecule has 2 aromatic rings. The molecular weight excluding hydrogens is 374 g/mol. The van der Waals surface area contributed by atoms with Crippen molar-refractivity contribution in [2.75, 3.05) is 37.0 Å². The molecular formula is C22H28ClN3O2. The molecule has 0 aliphatic carbocycles. The van der Waals surface area contributed by atoms with Crippen molar-refractivity contribution in [3.63, 3.8) is 0 Å². The van der Waals surface area contributed by atoms with E-state index in [4.69, 9.17) is 16.3 Å². The van der Waals surface area contributed by atoms with Gasteiger partial charge < -0.3 is 20.3 Å². The van der Waals surface area contributed by atoms with Gasteiger partial charge in [-0.3, -0.25) is 4.79 Å². The number of nitrogens with zero attached hydrogens (tertiary/aromatic N) is 1. The SMILES string of the molecule is COCC(C)NC1CCN(c2ccc(NC(=O)c3cccc(Cl)c3)cc2)CC1. The molecule has 0 bridgehead atoms. The number of methoxy groups -OCH3 is 1. The van der Waals surface area contributed by atoms with Crippen molar-refractivity contribution in [1.82, 2.24) is 5.32 Å². The van der Waals surface area contributed by atoms with E-state index in [-0.39, 0.29) is 5.91 Å². The zero-order valence-corrected chi connectivity index (χ0v) is 17.2. The highest BCUT2D eigenvalue weighted by atomic mass is 35.5. The highest BCUT2D eigenvalue weighted by molar-refractivity contribution is 6.31. The Labute approximate surface area is 172 Å². The largest absolute Gasteiger partial charge is 0.383 e. The molecule has 1 heterocycles. The minimum absolute atomic E-state index is 0.160. The predicted molar refractivity (Wildman–Crippen MR) is 116 cm³/mol. The lowest BCUT2D eigenvalue weighted by atomic mass is 10.0. The standard InChI is InChI=1S/C22H28ClN3O2/c1-16(15-28-2)24-20-10-12-26(13-11-20)21-8-6-19(7-9-21)25-22(27)17-4-3-5-18(23)14-17/h3-9,14,16,20,24H,10-13,15H2,1-2H3,(H,25,27). The Bertz CT molecular complexity index is 774. The molecule has 3 rings (SSSR count). The average molecular weight is 402 g/mol. The van der Waals surface area contributed by atoms with Crippen molar-refractivity contribution in [2.45, 2.75) is 31.8 Å². The van der Waals surface area contributed by atoms with E-state index in [9.17, 15) is 4.79 Å². The van der Waals surface area contributed by atoms with Crippen LogP contribution in [0.4, 0.5) is 11.4 Å². The van der Waals surface area contributed by atoms with Crippen LogP contribution in [0, 0.1) is 0 Å². The van der Waals surface area contributed by atoms with E-state index in [1.165, 1.54) is 5.69 Å². The number of benzene rings is 2. The average Bonchev–Trinajstić information content (AvgIpc) is 2.69. The minimum Gasteiger partial charge on any atom is -0.383 e. The van der Waals surface area contributed by atoms with E-state index in [0.717, 1.165) is 38.2 Å². The van der Waals surface area contributed by atoms with Gasteiger partial charge in [0, 0.05) is 54.2 Å². The normalized spacial score (nSPS) is 16.0. The fraction of sp³-hybridized carbons (Fsp3) is 0.409. The Morgan fingerprint density at radius 3 is 2.57 bits per heavy atom. The highest BCUT2D eigenvalue weighted by Gasteiger charge is 2.20. The Hall–Kier alpha value is -2.08. The monoisotopic (exact) mass is 401 g/mol. The maximum atomic E-state index is 12.3. The van der Waals surface area contributed by atoms with Crippen LogP contribution in [0.25, 0.3) is 0 Å². The second-order valence-electron chi connectivity index (χ2n) is 7.30. The summed E-state index contributed by atoms with van der Waals surface area (Å²) in [7, 11) is 1.74. The van der Waals surface area contributed by atoms with Gasteiger partial charge in [0.05, 0.1) is 6.61 Å². The minimum atomic E-state index is -0.160. The molecule has 2 aromatic carbocycles. The molecule has 6 heteroatoms. The molecule has 150 valence electrons. The van der Waals surface area contributed by atoms with Crippen LogP contribution in [0.15, 0.2) is 48.5 Å². The summed E-state index contributed by atoms with van der Waals surface area (Å²) in [5, 5.41) is 7.10. The van der Waals surface area contributed by atoms with E-state index in [1.807, 2.05) is 12.1 Å². The number of hydrogen-bond donors (Lipinski definition) is 2. The van der Waals surface area contributed by atoms with Crippen molar-refractivity contribution in [1.29, 1.82) is 0 Å². The number of carbonyl (C=O) groups is 1. The Morgan fingerprint density at radius 1 is 1.21 bits per heavy atom. The molecule has 0 saturated carbocycles. The zero-order valence-electron chi connectivity index (χ0n) is 16.5. The van der Waals surface area contributed by atoms with Gasteiger partial charge in [-0.05, 0) is 62.2 Å². The smallest absolute Gasteiger partial charge is 0.255 e. The Balaban J connectivity index is 1.51. The number of piperidine rings is 1. The first kappa shape index (κ1) is 20.6. The highest BCUT2D eigenvalue weighted by Crippen LogP contribution is 2.23. The van der Waals surface area contributed by atoms with E-state index in [1.54, 1.807) is 31.4 Å². The summed E-state index contributed by atoms with van der Waals surface area (Å²) in [5.74, 6) is -0.160. The Kier molecular flexibility index (Phi) is 7.31. The zero-order chi connectivity index (χ0) is 19.9. The fourth-order valence-corrected chi connectivity index (χ4v) is 3.78. The number of halogens is 1. The van der Waals surface area contributed by atoms with E-state index < -0.39 is 0 Å². The molecule has 1 aliphatic heterocycles. The van der Waals surface area contributed by atoms with Gasteiger partial charge in [0.2, 0.25) is 0 Å². The van der Waals surface area contributed by atoms with Crippen LogP contribution < -0.4 is 15.5 Å². The third-order valence-corrected chi connectivity index (χ3v) is 5.24. The summed E-state index contributed by atoms with van der Waals surface area (Å²) >= 11 is 5.96. The number of amides is 1. The fourth-order valence-electron chi connectivity index (χ4n) is 3.59. The second kappa shape index (κ2) is 9.92. The molecule has 0 spiro atoms. The first-order valence-corrected chi connectivity index (χ1v) is 10.1. The molecule has 1 aliphatic rings. The van der Waals surface area contributed by atoms with Crippen LogP contribution in [-0.2, 0) is 4.74 Å². The lowest BCUT2D eigenvalue weighted by Gasteiger charge is -2.35. The molecule has 5 nitrogen and oxygen atoms in total.